The predicted octanol–water partition coefficient (Wildman–Crippen LogP) is 1.86. The summed E-state index contributed by atoms with van der Waals surface area (Å²) in [4.78, 5) is 22.9. The largest absolute Gasteiger partial charge is 0.453 e. The van der Waals surface area contributed by atoms with Gasteiger partial charge in [-0.2, -0.15) is 0 Å². The third kappa shape index (κ3) is 2.81. The van der Waals surface area contributed by atoms with Crippen molar-refractivity contribution in [3.63, 3.8) is 0 Å². The molecule has 15 heavy (non-hydrogen) atoms. The van der Waals surface area contributed by atoms with Gasteiger partial charge in [0, 0.05) is 14.2 Å². The Bertz CT molecular complexity index is 374. The highest BCUT2D eigenvalue weighted by molar-refractivity contribution is 6.64. The molecule has 82 valence electrons. The van der Waals surface area contributed by atoms with Crippen LogP contribution in [0.25, 0.3) is 0 Å². The standard InChI is InChI=1S/C9H10ClNO4/c1-11(9(10)13)8(12)7-4-3-6(15-7)5-14-2/h3-4H,5H2,1-2H3. The van der Waals surface area contributed by atoms with Crippen molar-refractivity contribution in [3.8, 4) is 0 Å². The molecule has 0 aliphatic heterocycles. The fraction of sp³-hybridized carbons (Fsp3) is 0.333. The second-order valence-corrected chi connectivity index (χ2v) is 3.14. The summed E-state index contributed by atoms with van der Waals surface area (Å²) in [5, 5.41) is -0.857. The Hall–Kier alpha value is -1.33. The first-order valence-electron chi connectivity index (χ1n) is 4.11. The number of rotatable bonds is 3. The second-order valence-electron chi connectivity index (χ2n) is 2.82. The van der Waals surface area contributed by atoms with Crippen molar-refractivity contribution in [2.75, 3.05) is 14.2 Å². The molecule has 6 heteroatoms. The molecule has 1 rings (SSSR count). The quantitative estimate of drug-likeness (QED) is 0.589. The molecule has 1 heterocycles. The number of hydrogen-bond acceptors (Lipinski definition) is 4. The van der Waals surface area contributed by atoms with Crippen LogP contribution in [0.3, 0.4) is 0 Å². The summed E-state index contributed by atoms with van der Waals surface area (Å²) in [5.41, 5.74) is 0. The van der Waals surface area contributed by atoms with Crippen molar-refractivity contribution >= 4 is 22.9 Å². The first kappa shape index (κ1) is 11.7. The van der Waals surface area contributed by atoms with Gasteiger partial charge in [0.2, 0.25) is 0 Å². The van der Waals surface area contributed by atoms with Gasteiger partial charge in [0.25, 0.3) is 5.91 Å². The molecule has 2 amide bonds. The Morgan fingerprint density at radius 1 is 1.53 bits per heavy atom. The maximum absolute atomic E-state index is 11.5. The smallest absolute Gasteiger partial charge is 0.323 e. The molecule has 0 fully saturated rings. The van der Waals surface area contributed by atoms with Gasteiger partial charge in [0.05, 0.1) is 0 Å². The Morgan fingerprint density at radius 3 is 2.73 bits per heavy atom. The number of imide groups is 1. The van der Waals surface area contributed by atoms with Crippen LogP contribution in [0, 0.1) is 0 Å². The van der Waals surface area contributed by atoms with Crippen LogP contribution in [0.4, 0.5) is 4.79 Å². The number of carbonyl (C=O) groups excluding carboxylic acids is 2. The summed E-state index contributed by atoms with van der Waals surface area (Å²) in [6, 6.07) is 3.07. The van der Waals surface area contributed by atoms with Crippen molar-refractivity contribution in [1.29, 1.82) is 0 Å². The third-order valence-electron chi connectivity index (χ3n) is 1.73. The lowest BCUT2D eigenvalue weighted by atomic mass is 10.4. The third-order valence-corrected chi connectivity index (χ3v) is 1.98. The van der Waals surface area contributed by atoms with E-state index in [1.54, 1.807) is 6.07 Å². The molecule has 0 atom stereocenters. The predicted molar refractivity (Wildman–Crippen MR) is 52.8 cm³/mol. The first-order chi connectivity index (χ1) is 7.06. The van der Waals surface area contributed by atoms with E-state index >= 15 is 0 Å². The minimum Gasteiger partial charge on any atom is -0.453 e. The van der Waals surface area contributed by atoms with E-state index in [0.29, 0.717) is 5.76 Å². The fourth-order valence-corrected chi connectivity index (χ4v) is 1.03. The van der Waals surface area contributed by atoms with Crippen LogP contribution in [-0.2, 0) is 11.3 Å². The second kappa shape index (κ2) is 4.95. The van der Waals surface area contributed by atoms with E-state index < -0.39 is 11.3 Å². The normalized spacial score (nSPS) is 10.1. The lowest BCUT2D eigenvalue weighted by molar-refractivity contribution is 0.0809. The Balaban J connectivity index is 2.78. The van der Waals surface area contributed by atoms with Gasteiger partial charge in [-0.1, -0.05) is 0 Å². The summed E-state index contributed by atoms with van der Waals surface area (Å²) in [6.45, 7) is 0.270. The van der Waals surface area contributed by atoms with Crippen molar-refractivity contribution in [1.82, 2.24) is 4.90 Å². The van der Waals surface area contributed by atoms with E-state index in [1.807, 2.05) is 0 Å². The molecule has 1 aromatic heterocycles. The van der Waals surface area contributed by atoms with Gasteiger partial charge < -0.3 is 9.15 Å². The zero-order chi connectivity index (χ0) is 11.4. The summed E-state index contributed by atoms with van der Waals surface area (Å²) < 4.78 is 9.95. The molecule has 0 saturated heterocycles. The zero-order valence-electron chi connectivity index (χ0n) is 8.32. The Morgan fingerprint density at radius 2 is 2.20 bits per heavy atom. The van der Waals surface area contributed by atoms with Crippen LogP contribution in [0.2, 0.25) is 0 Å². The molecule has 5 nitrogen and oxygen atoms in total. The van der Waals surface area contributed by atoms with Gasteiger partial charge in [0.15, 0.2) is 5.76 Å². The minimum absolute atomic E-state index is 0.0542. The van der Waals surface area contributed by atoms with Gasteiger partial charge in [0.1, 0.15) is 12.4 Å². The van der Waals surface area contributed by atoms with Crippen LogP contribution in [0.1, 0.15) is 16.3 Å². The molecule has 0 N–H and O–H groups in total. The van der Waals surface area contributed by atoms with Gasteiger partial charge in [-0.15, -0.1) is 0 Å². The molecule has 0 aromatic carbocycles. The SMILES string of the molecule is COCc1ccc(C(=O)N(C)C(=O)Cl)o1. The van der Waals surface area contributed by atoms with E-state index in [9.17, 15) is 9.59 Å². The summed E-state index contributed by atoms with van der Waals surface area (Å²) >= 11 is 5.14. The number of hydrogen-bond donors (Lipinski definition) is 0. The van der Waals surface area contributed by atoms with Crippen LogP contribution in [0.5, 0.6) is 0 Å². The highest BCUT2D eigenvalue weighted by Crippen LogP contribution is 2.11. The topological polar surface area (TPSA) is 59.8 Å². The van der Waals surface area contributed by atoms with Crippen molar-refractivity contribution in [2.45, 2.75) is 6.61 Å². The number of amides is 2. The van der Waals surface area contributed by atoms with Gasteiger partial charge in [-0.3, -0.25) is 14.5 Å². The van der Waals surface area contributed by atoms with Gasteiger partial charge >= 0.3 is 5.37 Å². The van der Waals surface area contributed by atoms with Crippen LogP contribution in [-0.4, -0.2) is 30.3 Å². The molecular weight excluding hydrogens is 222 g/mol. The molecule has 0 aliphatic rings. The van der Waals surface area contributed by atoms with E-state index in [1.165, 1.54) is 20.2 Å². The molecular formula is C9H10ClNO4. The number of nitrogens with zero attached hydrogens (tertiary/aromatic N) is 1. The summed E-state index contributed by atoms with van der Waals surface area (Å²) in [6.07, 6.45) is 0. The average Bonchev–Trinajstić information content (AvgIpc) is 2.64. The lowest BCUT2D eigenvalue weighted by Gasteiger charge is -2.08. The number of ether oxygens (including phenoxy) is 1. The van der Waals surface area contributed by atoms with Crippen LogP contribution in [0.15, 0.2) is 16.5 Å². The van der Waals surface area contributed by atoms with Crippen LogP contribution < -0.4 is 0 Å². The number of methoxy groups -OCH3 is 1. The zero-order valence-corrected chi connectivity index (χ0v) is 9.08. The summed E-state index contributed by atoms with van der Waals surface area (Å²) in [7, 11) is 2.79. The van der Waals surface area contributed by atoms with E-state index in [0.717, 1.165) is 4.90 Å². The highest BCUT2D eigenvalue weighted by atomic mass is 35.5. The number of carbonyl (C=O) groups is 2. The summed E-state index contributed by atoms with van der Waals surface area (Å²) in [5.74, 6) is -0.0211. The maximum Gasteiger partial charge on any atom is 0.323 e. The average molecular weight is 232 g/mol. The fourth-order valence-electron chi connectivity index (χ4n) is 0.958. The van der Waals surface area contributed by atoms with Crippen molar-refractivity contribution < 1.29 is 18.7 Å². The van der Waals surface area contributed by atoms with Gasteiger partial charge in [-0.25, -0.2) is 0 Å². The molecule has 1 aromatic rings. The van der Waals surface area contributed by atoms with E-state index in [-0.39, 0.29) is 12.4 Å². The lowest BCUT2D eigenvalue weighted by Crippen LogP contribution is -2.28. The van der Waals surface area contributed by atoms with Crippen LogP contribution >= 0.6 is 11.6 Å². The van der Waals surface area contributed by atoms with Crippen molar-refractivity contribution in [3.05, 3.63) is 23.7 Å². The number of furan rings is 1. The molecule has 0 unspecified atom stereocenters. The van der Waals surface area contributed by atoms with E-state index in [2.05, 4.69) is 0 Å². The highest BCUT2D eigenvalue weighted by Gasteiger charge is 2.19. The molecule has 0 radical (unpaired) electrons. The first-order valence-corrected chi connectivity index (χ1v) is 4.49. The Kier molecular flexibility index (Phi) is 3.88. The molecule has 0 saturated carbocycles. The molecule has 0 bridgehead atoms. The maximum atomic E-state index is 11.5. The monoisotopic (exact) mass is 231 g/mol. The molecule has 0 aliphatic carbocycles. The van der Waals surface area contributed by atoms with E-state index in [4.69, 9.17) is 20.8 Å². The van der Waals surface area contributed by atoms with Gasteiger partial charge in [-0.05, 0) is 23.7 Å². The van der Waals surface area contributed by atoms with Crippen molar-refractivity contribution in [2.24, 2.45) is 0 Å². The molecule has 0 spiro atoms. The Labute approximate surface area is 91.6 Å². The number of halogens is 1. The minimum atomic E-state index is -0.857.